The summed E-state index contributed by atoms with van der Waals surface area (Å²) in [4.78, 5) is 22.2. The minimum absolute atomic E-state index is 0.0428. The van der Waals surface area contributed by atoms with E-state index in [2.05, 4.69) is 21.8 Å². The van der Waals surface area contributed by atoms with E-state index in [4.69, 9.17) is 16.2 Å². The van der Waals surface area contributed by atoms with E-state index in [1.165, 1.54) is 6.26 Å². The number of hydrogen-bond donors (Lipinski definition) is 2. The lowest BCUT2D eigenvalue weighted by atomic mass is 10.2. The number of guanidine groups is 1. The SMILES string of the molecule is CC.CN1CCN(C(=O)CCN=C(N)N)CC1.CS(=O)(=O)c1ccc(CN2CCOCC2)cc1. The van der Waals surface area contributed by atoms with Crippen LogP contribution >= 0.6 is 0 Å². The summed E-state index contributed by atoms with van der Waals surface area (Å²) < 4.78 is 27.9. The van der Waals surface area contributed by atoms with E-state index in [1.807, 2.05) is 30.9 Å². The lowest BCUT2D eigenvalue weighted by molar-refractivity contribution is -0.132. The number of likely N-dealkylation sites (N-methyl/N-ethyl adjacent to an activating group) is 1. The van der Waals surface area contributed by atoms with Crippen LogP contribution in [0.5, 0.6) is 0 Å². The Bertz CT molecular complexity index is 843. The van der Waals surface area contributed by atoms with Gasteiger partial charge in [-0.1, -0.05) is 26.0 Å². The second kappa shape index (κ2) is 15.6. The average Bonchev–Trinajstić information content (AvgIpc) is 2.81. The molecule has 2 saturated heterocycles. The van der Waals surface area contributed by atoms with Crippen molar-refractivity contribution in [3.8, 4) is 0 Å². The van der Waals surface area contributed by atoms with E-state index in [0.717, 1.165) is 64.6 Å². The van der Waals surface area contributed by atoms with Gasteiger partial charge in [-0.15, -0.1) is 0 Å². The van der Waals surface area contributed by atoms with Crippen molar-refractivity contribution in [2.75, 3.05) is 72.3 Å². The number of piperazine rings is 1. The molecule has 0 atom stereocenters. The Balaban J connectivity index is 0.000000320. The summed E-state index contributed by atoms with van der Waals surface area (Å²) in [5.41, 5.74) is 11.5. The van der Waals surface area contributed by atoms with Crippen molar-refractivity contribution in [1.29, 1.82) is 0 Å². The zero-order chi connectivity index (χ0) is 25.6. The van der Waals surface area contributed by atoms with Gasteiger partial charge in [0.05, 0.1) is 24.7 Å². The molecule has 2 fully saturated rings. The molecule has 2 aliphatic heterocycles. The third-order valence-electron chi connectivity index (χ3n) is 5.34. The van der Waals surface area contributed by atoms with Gasteiger partial charge in [0.2, 0.25) is 5.91 Å². The monoisotopic (exact) mass is 498 g/mol. The minimum Gasteiger partial charge on any atom is -0.379 e. The predicted molar refractivity (Wildman–Crippen MR) is 136 cm³/mol. The highest BCUT2D eigenvalue weighted by molar-refractivity contribution is 7.90. The van der Waals surface area contributed by atoms with Gasteiger partial charge in [-0.2, -0.15) is 0 Å². The molecule has 1 aromatic rings. The minimum atomic E-state index is -3.09. The molecule has 3 rings (SSSR count). The normalized spacial score (nSPS) is 17.0. The second-order valence-corrected chi connectivity index (χ2v) is 10.1. The molecule has 2 aliphatic rings. The lowest BCUT2D eigenvalue weighted by Gasteiger charge is -2.32. The molecule has 194 valence electrons. The molecular formula is C23H42N6O4S. The van der Waals surface area contributed by atoms with Crippen LogP contribution in [0, 0.1) is 0 Å². The Kier molecular flexibility index (Phi) is 13.7. The predicted octanol–water partition coefficient (Wildman–Crippen LogP) is 0.372. The average molecular weight is 499 g/mol. The Morgan fingerprint density at radius 2 is 1.56 bits per heavy atom. The summed E-state index contributed by atoms with van der Waals surface area (Å²) in [6.45, 7) is 12.2. The number of aliphatic imine (C=N–C) groups is 1. The van der Waals surface area contributed by atoms with Crippen molar-refractivity contribution >= 4 is 21.7 Å². The van der Waals surface area contributed by atoms with Gasteiger partial charge >= 0.3 is 0 Å². The van der Waals surface area contributed by atoms with E-state index in [9.17, 15) is 13.2 Å². The molecule has 0 saturated carbocycles. The number of amides is 1. The third-order valence-corrected chi connectivity index (χ3v) is 6.47. The zero-order valence-corrected chi connectivity index (χ0v) is 21.9. The molecular weight excluding hydrogens is 456 g/mol. The number of carbonyl (C=O) groups is 1. The van der Waals surface area contributed by atoms with E-state index >= 15 is 0 Å². The number of hydrogen-bond acceptors (Lipinski definition) is 7. The van der Waals surface area contributed by atoms with Crippen molar-refractivity contribution in [2.45, 2.75) is 31.7 Å². The summed E-state index contributed by atoms with van der Waals surface area (Å²) >= 11 is 0. The van der Waals surface area contributed by atoms with Gasteiger partial charge in [-0.3, -0.25) is 14.7 Å². The van der Waals surface area contributed by atoms with Crippen LogP contribution < -0.4 is 11.5 Å². The first-order valence-corrected chi connectivity index (χ1v) is 13.6. The van der Waals surface area contributed by atoms with E-state index in [-0.39, 0.29) is 11.9 Å². The van der Waals surface area contributed by atoms with Gasteiger partial charge in [-0.25, -0.2) is 8.42 Å². The molecule has 0 unspecified atom stereocenters. The maximum atomic E-state index is 11.6. The summed E-state index contributed by atoms with van der Waals surface area (Å²) in [6.07, 6.45) is 1.62. The van der Waals surface area contributed by atoms with Gasteiger partial charge in [0.25, 0.3) is 0 Å². The van der Waals surface area contributed by atoms with Crippen molar-refractivity contribution < 1.29 is 17.9 Å². The summed E-state index contributed by atoms with van der Waals surface area (Å²) in [7, 11) is -1.03. The summed E-state index contributed by atoms with van der Waals surface area (Å²) in [6, 6.07) is 7.11. The van der Waals surface area contributed by atoms with Crippen LogP contribution in [0.3, 0.4) is 0 Å². The molecule has 4 N–H and O–H groups in total. The fourth-order valence-corrected chi connectivity index (χ4v) is 3.98. The Morgan fingerprint density at radius 1 is 1.00 bits per heavy atom. The number of morpholine rings is 1. The first-order chi connectivity index (χ1) is 16.1. The Hall–Kier alpha value is -2.21. The van der Waals surface area contributed by atoms with Crippen molar-refractivity contribution in [3.05, 3.63) is 29.8 Å². The third kappa shape index (κ3) is 11.8. The number of sulfone groups is 1. The lowest BCUT2D eigenvalue weighted by Crippen LogP contribution is -2.47. The molecule has 34 heavy (non-hydrogen) atoms. The smallest absolute Gasteiger partial charge is 0.224 e. The van der Waals surface area contributed by atoms with Crippen molar-refractivity contribution in [2.24, 2.45) is 16.5 Å². The van der Waals surface area contributed by atoms with Crippen LogP contribution in [0.1, 0.15) is 25.8 Å². The Labute approximate surface area is 204 Å². The van der Waals surface area contributed by atoms with Crippen LogP contribution in [0.25, 0.3) is 0 Å². The molecule has 2 heterocycles. The van der Waals surface area contributed by atoms with Gasteiger partial charge in [0.15, 0.2) is 15.8 Å². The first kappa shape index (κ1) is 29.8. The van der Waals surface area contributed by atoms with Gasteiger partial charge < -0.3 is 26.0 Å². The van der Waals surface area contributed by atoms with E-state index in [1.54, 1.807) is 12.1 Å². The van der Waals surface area contributed by atoms with E-state index in [0.29, 0.717) is 17.9 Å². The highest BCUT2D eigenvalue weighted by Gasteiger charge is 2.18. The van der Waals surface area contributed by atoms with Crippen LogP contribution in [0.15, 0.2) is 34.2 Å². The number of nitrogens with zero attached hydrogens (tertiary/aromatic N) is 4. The fraction of sp³-hybridized carbons (Fsp3) is 0.652. The molecule has 1 aromatic carbocycles. The van der Waals surface area contributed by atoms with Gasteiger partial charge in [0.1, 0.15) is 0 Å². The second-order valence-electron chi connectivity index (χ2n) is 8.05. The highest BCUT2D eigenvalue weighted by atomic mass is 32.2. The Morgan fingerprint density at radius 3 is 2.06 bits per heavy atom. The van der Waals surface area contributed by atoms with Crippen LogP contribution in [-0.2, 0) is 25.9 Å². The highest BCUT2D eigenvalue weighted by Crippen LogP contribution is 2.12. The molecule has 0 aliphatic carbocycles. The number of carbonyl (C=O) groups excluding carboxylic acids is 1. The number of nitrogens with two attached hydrogens (primary N) is 2. The molecule has 11 heteroatoms. The maximum Gasteiger partial charge on any atom is 0.224 e. The molecule has 0 bridgehead atoms. The number of ether oxygens (including phenoxy) is 1. The molecule has 0 radical (unpaired) electrons. The summed E-state index contributed by atoms with van der Waals surface area (Å²) in [5, 5.41) is 0. The summed E-state index contributed by atoms with van der Waals surface area (Å²) in [5.74, 6) is 0.175. The first-order valence-electron chi connectivity index (χ1n) is 11.8. The largest absolute Gasteiger partial charge is 0.379 e. The van der Waals surface area contributed by atoms with Crippen molar-refractivity contribution in [3.63, 3.8) is 0 Å². The van der Waals surface area contributed by atoms with Crippen LogP contribution in [0.4, 0.5) is 0 Å². The number of rotatable bonds is 6. The molecule has 0 spiro atoms. The molecule has 0 aromatic heterocycles. The maximum absolute atomic E-state index is 11.6. The van der Waals surface area contributed by atoms with Crippen LogP contribution in [-0.4, -0.2) is 107 Å². The van der Waals surface area contributed by atoms with Gasteiger partial charge in [0, 0.05) is 58.5 Å². The van der Waals surface area contributed by atoms with Crippen LogP contribution in [0.2, 0.25) is 0 Å². The molecule has 1 amide bonds. The quantitative estimate of drug-likeness (QED) is 0.424. The molecule has 10 nitrogen and oxygen atoms in total. The topological polar surface area (TPSA) is 135 Å². The number of benzene rings is 1. The zero-order valence-electron chi connectivity index (χ0n) is 21.1. The van der Waals surface area contributed by atoms with Gasteiger partial charge in [-0.05, 0) is 24.7 Å². The van der Waals surface area contributed by atoms with E-state index < -0.39 is 9.84 Å². The van der Waals surface area contributed by atoms with Crippen molar-refractivity contribution in [1.82, 2.24) is 14.7 Å². The standard InChI is InChI=1S/C12H17NO3S.C9H19N5O.C2H6/c1-17(14,15)12-4-2-11(3-5-12)10-13-6-8-16-9-7-13;1-13-4-6-14(7-5-13)8(15)2-3-12-9(10)11;1-2/h2-5H,6-10H2,1H3;2-7H2,1H3,(H4,10,11,12);1-2H3. The fourth-order valence-electron chi connectivity index (χ4n) is 3.35.